The van der Waals surface area contributed by atoms with Crippen molar-refractivity contribution in [1.82, 2.24) is 5.32 Å². The molecule has 0 aliphatic rings. The van der Waals surface area contributed by atoms with E-state index in [1.54, 1.807) is 0 Å². The van der Waals surface area contributed by atoms with Crippen molar-refractivity contribution in [2.45, 2.75) is 39.7 Å². The van der Waals surface area contributed by atoms with Crippen molar-refractivity contribution in [1.29, 1.82) is 0 Å². The minimum Gasteiger partial charge on any atom is -0.349 e. The second-order valence-electron chi connectivity index (χ2n) is 4.26. The third kappa shape index (κ3) is 4.39. The van der Waals surface area contributed by atoms with Gasteiger partial charge >= 0.3 is 0 Å². The Morgan fingerprint density at radius 1 is 1.24 bits per heavy atom. The Kier molecular flexibility index (Phi) is 4.88. The summed E-state index contributed by atoms with van der Waals surface area (Å²) in [4.78, 5) is 22.2. The number of hydrogen-bond donors (Lipinski definition) is 1. The molecule has 0 aromatic heterocycles. The van der Waals surface area contributed by atoms with Gasteiger partial charge in [-0.2, -0.15) is 0 Å². The summed E-state index contributed by atoms with van der Waals surface area (Å²) in [7, 11) is 0. The van der Waals surface area contributed by atoms with Crippen molar-refractivity contribution in [3.05, 3.63) is 35.4 Å². The molecule has 3 nitrogen and oxygen atoms in total. The molecule has 1 amide bonds. The van der Waals surface area contributed by atoms with E-state index in [-0.39, 0.29) is 24.2 Å². The number of benzene rings is 1. The van der Waals surface area contributed by atoms with Gasteiger partial charge in [0, 0.05) is 0 Å². The lowest BCUT2D eigenvalue weighted by Crippen LogP contribution is -2.27. The van der Waals surface area contributed by atoms with Crippen LogP contribution in [0.15, 0.2) is 24.3 Å². The molecule has 92 valence electrons. The Bertz CT molecular complexity index is 395. The number of Topliss-reactive ketones (excluding diaryl/α,β-unsaturated/α-hetero) is 1. The van der Waals surface area contributed by atoms with Crippen molar-refractivity contribution in [2.24, 2.45) is 0 Å². The fraction of sp³-hybridized carbons (Fsp3) is 0.429. The van der Waals surface area contributed by atoms with Crippen molar-refractivity contribution in [3.8, 4) is 0 Å². The quantitative estimate of drug-likeness (QED) is 0.794. The summed E-state index contributed by atoms with van der Waals surface area (Å²) in [6.45, 7) is 5.44. The van der Waals surface area contributed by atoms with Gasteiger partial charge in [0.2, 0.25) is 5.91 Å². The van der Waals surface area contributed by atoms with Crippen molar-refractivity contribution in [2.75, 3.05) is 0 Å². The van der Waals surface area contributed by atoms with Crippen LogP contribution < -0.4 is 5.32 Å². The highest BCUT2D eigenvalue weighted by atomic mass is 16.2. The highest BCUT2D eigenvalue weighted by Gasteiger charge is 2.10. The average Bonchev–Trinajstić information content (AvgIpc) is 2.28. The number of aryl methyl sites for hydroxylation is 1. The average molecular weight is 233 g/mol. The first-order valence-electron chi connectivity index (χ1n) is 5.90. The van der Waals surface area contributed by atoms with E-state index in [1.807, 2.05) is 19.1 Å². The first kappa shape index (κ1) is 13.4. The SMILES string of the molecule is CCc1ccc(C(C)NC(=O)CC(C)=O)cc1. The molecule has 17 heavy (non-hydrogen) atoms. The van der Waals surface area contributed by atoms with E-state index in [0.717, 1.165) is 12.0 Å². The summed E-state index contributed by atoms with van der Waals surface area (Å²) in [6, 6.07) is 8.08. The molecule has 1 unspecified atom stereocenters. The Morgan fingerprint density at radius 3 is 2.29 bits per heavy atom. The van der Waals surface area contributed by atoms with E-state index in [9.17, 15) is 9.59 Å². The lowest BCUT2D eigenvalue weighted by Gasteiger charge is -2.14. The summed E-state index contributed by atoms with van der Waals surface area (Å²) in [5.74, 6) is -0.333. The summed E-state index contributed by atoms with van der Waals surface area (Å²) >= 11 is 0. The number of rotatable bonds is 5. The summed E-state index contributed by atoms with van der Waals surface area (Å²) in [5.41, 5.74) is 2.33. The van der Waals surface area contributed by atoms with Crippen LogP contribution in [0.4, 0.5) is 0 Å². The molecular formula is C14H19NO2. The maximum absolute atomic E-state index is 11.4. The molecule has 1 atom stereocenters. The van der Waals surface area contributed by atoms with Gasteiger partial charge in [0.15, 0.2) is 0 Å². The minimum absolute atomic E-state index is 0.0443. The Balaban J connectivity index is 2.59. The lowest BCUT2D eigenvalue weighted by atomic mass is 10.0. The number of carbonyl (C=O) groups is 2. The molecule has 0 bridgehead atoms. The second kappa shape index (κ2) is 6.18. The van der Waals surface area contributed by atoms with Crippen molar-refractivity contribution < 1.29 is 9.59 Å². The van der Waals surface area contributed by atoms with Gasteiger partial charge in [-0.1, -0.05) is 31.2 Å². The fourth-order valence-electron chi connectivity index (χ4n) is 1.64. The molecular weight excluding hydrogens is 214 g/mol. The van der Waals surface area contributed by atoms with Crippen molar-refractivity contribution >= 4 is 11.7 Å². The number of nitrogens with one attached hydrogen (secondary N) is 1. The Labute approximate surface area is 102 Å². The molecule has 1 aromatic rings. The number of hydrogen-bond acceptors (Lipinski definition) is 2. The standard InChI is InChI=1S/C14H19NO2/c1-4-12-5-7-13(8-6-12)11(3)15-14(17)9-10(2)16/h5-8,11H,4,9H2,1-3H3,(H,15,17). The van der Waals surface area contributed by atoms with Gasteiger partial charge in [-0.05, 0) is 31.4 Å². The maximum atomic E-state index is 11.4. The molecule has 0 aliphatic carbocycles. The largest absolute Gasteiger partial charge is 0.349 e. The summed E-state index contributed by atoms with van der Waals surface area (Å²) in [6.07, 6.45) is 0.961. The third-order valence-electron chi connectivity index (χ3n) is 2.67. The zero-order valence-electron chi connectivity index (χ0n) is 10.6. The second-order valence-corrected chi connectivity index (χ2v) is 4.26. The fourth-order valence-corrected chi connectivity index (χ4v) is 1.64. The number of amides is 1. The Hall–Kier alpha value is -1.64. The first-order valence-corrected chi connectivity index (χ1v) is 5.90. The van der Waals surface area contributed by atoms with Crippen molar-refractivity contribution in [3.63, 3.8) is 0 Å². The topological polar surface area (TPSA) is 46.2 Å². The van der Waals surface area contributed by atoms with Crippen LogP contribution in [0.5, 0.6) is 0 Å². The molecule has 0 spiro atoms. The van der Waals surface area contributed by atoms with E-state index >= 15 is 0 Å². The van der Waals surface area contributed by atoms with E-state index in [0.29, 0.717) is 0 Å². The molecule has 0 saturated carbocycles. The van der Waals surface area contributed by atoms with Gasteiger partial charge in [-0.3, -0.25) is 9.59 Å². The first-order chi connectivity index (χ1) is 8.02. The maximum Gasteiger partial charge on any atom is 0.227 e. The van der Waals surface area contributed by atoms with Crippen LogP contribution in [0.25, 0.3) is 0 Å². The highest BCUT2D eigenvalue weighted by molar-refractivity contribution is 5.96. The highest BCUT2D eigenvalue weighted by Crippen LogP contribution is 2.13. The van der Waals surface area contributed by atoms with Crippen LogP contribution in [0.1, 0.15) is 44.4 Å². The molecule has 1 aromatic carbocycles. The van der Waals surface area contributed by atoms with Gasteiger partial charge in [0.1, 0.15) is 5.78 Å². The van der Waals surface area contributed by atoms with Gasteiger partial charge < -0.3 is 5.32 Å². The van der Waals surface area contributed by atoms with Gasteiger partial charge in [0.05, 0.1) is 12.5 Å². The summed E-state index contributed by atoms with van der Waals surface area (Å²) < 4.78 is 0. The zero-order chi connectivity index (χ0) is 12.8. The smallest absolute Gasteiger partial charge is 0.227 e. The van der Waals surface area contributed by atoms with Crippen LogP contribution in [-0.4, -0.2) is 11.7 Å². The predicted molar refractivity (Wildman–Crippen MR) is 67.7 cm³/mol. The summed E-state index contributed by atoms with van der Waals surface area (Å²) in [5, 5.41) is 2.81. The van der Waals surface area contributed by atoms with Crippen LogP contribution in [-0.2, 0) is 16.0 Å². The monoisotopic (exact) mass is 233 g/mol. The molecule has 3 heteroatoms. The number of ketones is 1. The van der Waals surface area contributed by atoms with Crippen LogP contribution in [0, 0.1) is 0 Å². The molecule has 0 fully saturated rings. The molecule has 0 heterocycles. The van der Waals surface area contributed by atoms with Gasteiger partial charge in [-0.15, -0.1) is 0 Å². The Morgan fingerprint density at radius 2 is 1.82 bits per heavy atom. The van der Waals surface area contributed by atoms with Crippen LogP contribution in [0.2, 0.25) is 0 Å². The van der Waals surface area contributed by atoms with E-state index in [4.69, 9.17) is 0 Å². The minimum atomic E-state index is -0.218. The van der Waals surface area contributed by atoms with E-state index < -0.39 is 0 Å². The normalized spacial score (nSPS) is 11.9. The molecule has 0 saturated heterocycles. The van der Waals surface area contributed by atoms with Gasteiger partial charge in [0.25, 0.3) is 0 Å². The van der Waals surface area contributed by atoms with Crippen LogP contribution >= 0.6 is 0 Å². The predicted octanol–water partition coefficient (Wildman–Crippen LogP) is 2.41. The molecule has 1 rings (SSSR count). The van der Waals surface area contributed by atoms with E-state index in [1.165, 1.54) is 12.5 Å². The lowest BCUT2D eigenvalue weighted by molar-refractivity contribution is -0.127. The zero-order valence-corrected chi connectivity index (χ0v) is 10.6. The van der Waals surface area contributed by atoms with Gasteiger partial charge in [-0.25, -0.2) is 0 Å². The molecule has 1 N–H and O–H groups in total. The van der Waals surface area contributed by atoms with E-state index in [2.05, 4.69) is 24.4 Å². The molecule has 0 aliphatic heterocycles. The number of carbonyl (C=O) groups excluding carboxylic acids is 2. The van der Waals surface area contributed by atoms with Crippen LogP contribution in [0.3, 0.4) is 0 Å². The molecule has 0 radical (unpaired) electrons. The third-order valence-corrected chi connectivity index (χ3v) is 2.67.